The summed E-state index contributed by atoms with van der Waals surface area (Å²) in [6.07, 6.45) is 5.17. The fourth-order valence-electron chi connectivity index (χ4n) is 2.58. The van der Waals surface area contributed by atoms with E-state index in [-0.39, 0.29) is 0 Å². The van der Waals surface area contributed by atoms with Crippen LogP contribution in [0.1, 0.15) is 32.6 Å². The van der Waals surface area contributed by atoms with E-state index >= 15 is 0 Å². The van der Waals surface area contributed by atoms with Crippen molar-refractivity contribution in [2.75, 3.05) is 17.7 Å². The van der Waals surface area contributed by atoms with E-state index in [9.17, 15) is 0 Å². The second kappa shape index (κ2) is 5.65. The molecular weight excluding hydrogens is 248 g/mol. The molecule has 0 amide bonds. The zero-order valence-electron chi connectivity index (χ0n) is 12.2. The van der Waals surface area contributed by atoms with Crippen molar-refractivity contribution in [3.63, 3.8) is 0 Å². The van der Waals surface area contributed by atoms with Crippen LogP contribution in [0.2, 0.25) is 0 Å². The zero-order valence-corrected chi connectivity index (χ0v) is 12.2. The molecule has 20 heavy (non-hydrogen) atoms. The molecule has 2 aromatic rings. The Balaban J connectivity index is 1.91. The molecule has 1 aromatic carbocycles. The van der Waals surface area contributed by atoms with Gasteiger partial charge < -0.3 is 10.6 Å². The van der Waals surface area contributed by atoms with Gasteiger partial charge in [-0.05, 0) is 30.9 Å². The lowest BCUT2D eigenvalue weighted by Crippen LogP contribution is -2.20. The first-order valence-corrected chi connectivity index (χ1v) is 7.51. The van der Waals surface area contributed by atoms with E-state index in [1.54, 1.807) is 0 Å². The highest BCUT2D eigenvalue weighted by Crippen LogP contribution is 2.35. The van der Waals surface area contributed by atoms with Crippen molar-refractivity contribution in [2.45, 2.75) is 38.6 Å². The van der Waals surface area contributed by atoms with Crippen LogP contribution in [0.4, 0.5) is 11.8 Å². The maximum atomic E-state index is 4.60. The van der Waals surface area contributed by atoms with Crippen molar-refractivity contribution >= 4 is 22.7 Å². The van der Waals surface area contributed by atoms with Crippen LogP contribution in [0.3, 0.4) is 0 Å². The number of nitrogens with one attached hydrogen (secondary N) is 2. The summed E-state index contributed by atoms with van der Waals surface area (Å²) in [5, 5.41) is 7.77. The van der Waals surface area contributed by atoms with Crippen LogP contribution in [0.15, 0.2) is 24.3 Å². The number of benzene rings is 1. The smallest absolute Gasteiger partial charge is 0.224 e. The number of fused-ring (bicyclic) bond motifs is 1. The summed E-state index contributed by atoms with van der Waals surface area (Å²) in [5.41, 5.74) is 0.982. The summed E-state index contributed by atoms with van der Waals surface area (Å²) in [6, 6.07) is 8.68. The average Bonchev–Trinajstić information content (AvgIpc) is 3.30. The first-order valence-electron chi connectivity index (χ1n) is 7.51. The molecular formula is C16H22N4. The predicted octanol–water partition coefficient (Wildman–Crippen LogP) is 3.66. The van der Waals surface area contributed by atoms with Gasteiger partial charge in [-0.2, -0.15) is 4.98 Å². The minimum absolute atomic E-state index is 0.505. The molecule has 0 saturated heterocycles. The van der Waals surface area contributed by atoms with Crippen molar-refractivity contribution < 1.29 is 0 Å². The molecule has 0 bridgehead atoms. The van der Waals surface area contributed by atoms with E-state index in [0.717, 1.165) is 29.1 Å². The van der Waals surface area contributed by atoms with Gasteiger partial charge in [0.25, 0.3) is 0 Å². The molecule has 1 aromatic heterocycles. The summed E-state index contributed by atoms with van der Waals surface area (Å²) >= 11 is 0. The van der Waals surface area contributed by atoms with Crippen molar-refractivity contribution in [3.8, 4) is 0 Å². The second-order valence-electron chi connectivity index (χ2n) is 5.59. The third-order valence-corrected chi connectivity index (χ3v) is 3.98. The fraction of sp³-hybridized carbons (Fsp3) is 0.500. The Hall–Kier alpha value is -1.84. The van der Waals surface area contributed by atoms with Crippen LogP contribution in [-0.2, 0) is 0 Å². The van der Waals surface area contributed by atoms with Crippen molar-refractivity contribution in [2.24, 2.45) is 5.92 Å². The summed E-state index contributed by atoms with van der Waals surface area (Å²) in [5.74, 6) is 2.55. The lowest BCUT2D eigenvalue weighted by atomic mass is 10.1. The van der Waals surface area contributed by atoms with Gasteiger partial charge in [-0.1, -0.05) is 31.9 Å². The second-order valence-corrected chi connectivity index (χ2v) is 5.59. The van der Waals surface area contributed by atoms with Gasteiger partial charge >= 0.3 is 0 Å². The number of hydrogen-bond acceptors (Lipinski definition) is 4. The first kappa shape index (κ1) is 13.2. The molecule has 1 aliphatic rings. The molecule has 106 valence electrons. The van der Waals surface area contributed by atoms with Crippen LogP contribution in [0.25, 0.3) is 10.9 Å². The average molecular weight is 270 g/mol. The molecule has 0 aliphatic heterocycles. The highest BCUT2D eigenvalue weighted by Gasteiger charge is 2.25. The van der Waals surface area contributed by atoms with E-state index in [1.165, 1.54) is 19.3 Å². The molecule has 1 aliphatic carbocycles. The Kier molecular flexibility index (Phi) is 3.72. The Bertz CT molecular complexity index is 592. The van der Waals surface area contributed by atoms with E-state index in [1.807, 2.05) is 25.2 Å². The van der Waals surface area contributed by atoms with E-state index in [0.29, 0.717) is 12.0 Å². The van der Waals surface area contributed by atoms with Crippen molar-refractivity contribution in [1.29, 1.82) is 0 Å². The van der Waals surface area contributed by atoms with Gasteiger partial charge in [0.1, 0.15) is 5.82 Å². The van der Waals surface area contributed by atoms with Gasteiger partial charge in [-0.15, -0.1) is 0 Å². The van der Waals surface area contributed by atoms with Gasteiger partial charge in [0.05, 0.1) is 5.52 Å². The molecule has 4 heteroatoms. The van der Waals surface area contributed by atoms with Gasteiger partial charge in [-0.25, -0.2) is 4.98 Å². The van der Waals surface area contributed by atoms with E-state index in [4.69, 9.17) is 0 Å². The molecule has 4 nitrogen and oxygen atoms in total. The number of anilines is 2. The van der Waals surface area contributed by atoms with Gasteiger partial charge in [0, 0.05) is 18.5 Å². The zero-order chi connectivity index (χ0) is 13.9. The van der Waals surface area contributed by atoms with Crippen LogP contribution < -0.4 is 10.6 Å². The fourth-order valence-corrected chi connectivity index (χ4v) is 2.58. The van der Waals surface area contributed by atoms with Gasteiger partial charge in [0.2, 0.25) is 5.95 Å². The minimum atomic E-state index is 0.505. The first-order chi connectivity index (χ1) is 9.80. The SMILES string of the molecule is CCC(CC1CC1)Nc1nc(NC)nc2ccccc12. The summed E-state index contributed by atoms with van der Waals surface area (Å²) in [7, 11) is 1.86. The number of nitrogens with zero attached hydrogens (tertiary/aromatic N) is 2. The number of para-hydroxylation sites is 1. The lowest BCUT2D eigenvalue weighted by molar-refractivity contribution is 0.586. The van der Waals surface area contributed by atoms with Gasteiger partial charge in [-0.3, -0.25) is 0 Å². The van der Waals surface area contributed by atoms with Crippen LogP contribution in [0, 0.1) is 5.92 Å². The van der Waals surface area contributed by atoms with Crippen LogP contribution in [0.5, 0.6) is 0 Å². The molecule has 3 rings (SSSR count). The largest absolute Gasteiger partial charge is 0.367 e. The third-order valence-electron chi connectivity index (χ3n) is 3.98. The maximum absolute atomic E-state index is 4.60. The Morgan fingerprint density at radius 1 is 1.25 bits per heavy atom. The molecule has 0 radical (unpaired) electrons. The maximum Gasteiger partial charge on any atom is 0.224 e. The van der Waals surface area contributed by atoms with Crippen LogP contribution >= 0.6 is 0 Å². The number of aromatic nitrogens is 2. The Labute approximate surface area is 120 Å². The standard InChI is InChI=1S/C16H22N4/c1-3-12(10-11-8-9-11)18-15-13-6-4-5-7-14(13)19-16(17-2)20-15/h4-7,11-12H,3,8-10H2,1-2H3,(H2,17,18,19,20). The summed E-state index contributed by atoms with van der Waals surface area (Å²) in [6.45, 7) is 2.24. The van der Waals surface area contributed by atoms with Crippen molar-refractivity contribution in [3.05, 3.63) is 24.3 Å². The van der Waals surface area contributed by atoms with Crippen LogP contribution in [-0.4, -0.2) is 23.1 Å². The number of rotatable bonds is 6. The lowest BCUT2D eigenvalue weighted by Gasteiger charge is -2.19. The van der Waals surface area contributed by atoms with E-state index in [2.05, 4.69) is 33.6 Å². The molecule has 2 N–H and O–H groups in total. The molecule has 1 heterocycles. The molecule has 1 atom stereocenters. The summed E-state index contributed by atoms with van der Waals surface area (Å²) in [4.78, 5) is 9.10. The monoisotopic (exact) mass is 270 g/mol. The van der Waals surface area contributed by atoms with Gasteiger partial charge in [0.15, 0.2) is 0 Å². The normalized spacial score (nSPS) is 16.1. The quantitative estimate of drug-likeness (QED) is 0.841. The minimum Gasteiger partial charge on any atom is -0.367 e. The Morgan fingerprint density at radius 3 is 2.75 bits per heavy atom. The van der Waals surface area contributed by atoms with E-state index < -0.39 is 0 Å². The number of hydrogen-bond donors (Lipinski definition) is 2. The highest BCUT2D eigenvalue weighted by atomic mass is 15.1. The molecule has 1 unspecified atom stereocenters. The summed E-state index contributed by atoms with van der Waals surface area (Å²) < 4.78 is 0. The molecule has 1 saturated carbocycles. The topological polar surface area (TPSA) is 49.8 Å². The molecule has 0 spiro atoms. The highest BCUT2D eigenvalue weighted by molar-refractivity contribution is 5.90. The molecule has 1 fully saturated rings. The third kappa shape index (κ3) is 2.84. The predicted molar refractivity (Wildman–Crippen MR) is 84.1 cm³/mol. The Morgan fingerprint density at radius 2 is 2.05 bits per heavy atom. The van der Waals surface area contributed by atoms with Crippen molar-refractivity contribution in [1.82, 2.24) is 9.97 Å².